The fourth-order valence-corrected chi connectivity index (χ4v) is 12.2. The van der Waals surface area contributed by atoms with Crippen molar-refractivity contribution in [3.05, 3.63) is 0 Å². The molecule has 534 valence electrons. The molecule has 90 heavy (non-hydrogen) atoms. The average Bonchev–Trinajstić information content (AvgIpc) is 3.70. The number of hydrogen-bond acceptors (Lipinski definition) is 15. The lowest BCUT2D eigenvalue weighted by Gasteiger charge is -2.21. The van der Waals surface area contributed by atoms with Crippen LogP contribution in [-0.2, 0) is 65.4 Å². The van der Waals surface area contributed by atoms with Gasteiger partial charge in [0.1, 0.15) is 19.3 Å². The van der Waals surface area contributed by atoms with Crippen LogP contribution in [0.1, 0.15) is 357 Å². The first-order chi connectivity index (χ1) is 43.3. The number of rotatable bonds is 69. The van der Waals surface area contributed by atoms with Crippen LogP contribution in [0.4, 0.5) is 0 Å². The second-order valence-corrected chi connectivity index (χ2v) is 29.5. The molecule has 0 amide bonds. The maximum absolute atomic E-state index is 13.0. The van der Waals surface area contributed by atoms with Gasteiger partial charge in [-0.3, -0.25) is 37.3 Å². The Labute approximate surface area is 549 Å². The molecule has 0 aliphatic carbocycles. The number of aliphatic hydroxyl groups excluding tert-OH is 1. The van der Waals surface area contributed by atoms with Crippen molar-refractivity contribution in [1.82, 2.24) is 0 Å². The van der Waals surface area contributed by atoms with Crippen molar-refractivity contribution in [2.45, 2.75) is 375 Å². The van der Waals surface area contributed by atoms with Gasteiger partial charge in [0.05, 0.1) is 26.4 Å². The van der Waals surface area contributed by atoms with Crippen molar-refractivity contribution >= 4 is 39.5 Å². The normalized spacial score (nSPS) is 14.8. The van der Waals surface area contributed by atoms with Crippen LogP contribution >= 0.6 is 15.6 Å². The predicted molar refractivity (Wildman–Crippen MR) is 363 cm³/mol. The SMILES string of the molecule is CCCCCCCCCCCCCCCC(=O)O[C@H](COC(=O)CCCCCCCCC(C)CC)COP(=O)(O)OC[C@H](O)COP(=O)(O)OC[C@@H](COC(=O)CCCCCCCCCCCCC(C)C)OC(=O)CCCCCCCCCCCCC(C)CC. The first kappa shape index (κ1) is 88.1. The predicted octanol–water partition coefficient (Wildman–Crippen LogP) is 20.2. The number of carbonyl (C=O) groups is 4. The van der Waals surface area contributed by atoms with Crippen LogP contribution < -0.4 is 0 Å². The quantitative estimate of drug-likeness (QED) is 0.0222. The highest BCUT2D eigenvalue weighted by Gasteiger charge is 2.30. The zero-order valence-corrected chi connectivity index (χ0v) is 60.4. The van der Waals surface area contributed by atoms with Crippen LogP contribution in [0.2, 0.25) is 0 Å². The summed E-state index contributed by atoms with van der Waals surface area (Å²) in [6, 6.07) is 0. The summed E-state index contributed by atoms with van der Waals surface area (Å²) in [7, 11) is -9.90. The zero-order chi connectivity index (χ0) is 66.6. The maximum Gasteiger partial charge on any atom is 0.472 e. The number of carbonyl (C=O) groups excluding carboxylic acids is 4. The molecule has 0 spiro atoms. The Kier molecular flexibility index (Phi) is 60.6. The molecule has 0 heterocycles. The van der Waals surface area contributed by atoms with Crippen LogP contribution in [0.15, 0.2) is 0 Å². The molecule has 0 aliphatic heterocycles. The van der Waals surface area contributed by atoms with Crippen LogP contribution in [0, 0.1) is 17.8 Å². The molecule has 0 saturated carbocycles. The van der Waals surface area contributed by atoms with Crippen LogP contribution in [-0.4, -0.2) is 96.7 Å². The number of hydrogen-bond donors (Lipinski definition) is 3. The van der Waals surface area contributed by atoms with Crippen molar-refractivity contribution in [1.29, 1.82) is 0 Å². The molecular weight excluding hydrogens is 1190 g/mol. The molecule has 0 aromatic heterocycles. The van der Waals surface area contributed by atoms with E-state index in [1.807, 2.05) is 0 Å². The minimum Gasteiger partial charge on any atom is -0.462 e. The Morgan fingerprint density at radius 1 is 0.322 bits per heavy atom. The molecule has 3 N–H and O–H groups in total. The monoisotopic (exact) mass is 1320 g/mol. The zero-order valence-electron chi connectivity index (χ0n) is 58.6. The van der Waals surface area contributed by atoms with E-state index in [0.29, 0.717) is 25.7 Å². The largest absolute Gasteiger partial charge is 0.472 e. The minimum atomic E-state index is -4.95. The standard InChI is InChI=1S/C71H138O17P2/c1-8-11-12-13-14-15-16-17-18-26-31-40-47-54-70(75)88-67(59-82-69(74)53-46-39-34-33-37-44-51-64(7)10-3)61-86-90(79,80)84-57-65(72)56-83-89(77,78)85-60-66(58-81-68(73)52-45-38-30-25-21-19-23-28-35-42-49-62(4)5)87-71(76)55-48-41-32-27-22-20-24-29-36-43-50-63(6)9-2/h62-67,72H,8-61H2,1-7H3,(H,77,78)(H,79,80)/t63?,64?,65-,66-,67-/m1/s1. The molecular formula is C71H138O17P2. The second kappa shape index (κ2) is 61.9. The average molecular weight is 1330 g/mol. The number of unbranched alkanes of at least 4 members (excludes halogenated alkanes) is 35. The molecule has 17 nitrogen and oxygen atoms in total. The highest BCUT2D eigenvalue weighted by molar-refractivity contribution is 7.47. The van der Waals surface area contributed by atoms with E-state index in [4.69, 9.17) is 37.0 Å². The first-order valence-corrected chi connectivity index (χ1v) is 39.9. The summed E-state index contributed by atoms with van der Waals surface area (Å²) in [6.07, 6.45) is 45.6. The highest BCUT2D eigenvalue weighted by Crippen LogP contribution is 2.45. The van der Waals surface area contributed by atoms with E-state index in [1.165, 1.54) is 161 Å². The Morgan fingerprint density at radius 2 is 0.567 bits per heavy atom. The van der Waals surface area contributed by atoms with E-state index in [-0.39, 0.29) is 25.7 Å². The summed E-state index contributed by atoms with van der Waals surface area (Å²) >= 11 is 0. The second-order valence-electron chi connectivity index (χ2n) is 26.6. The van der Waals surface area contributed by atoms with Gasteiger partial charge < -0.3 is 33.8 Å². The van der Waals surface area contributed by atoms with Gasteiger partial charge in [-0.1, -0.05) is 305 Å². The summed E-state index contributed by atoms with van der Waals surface area (Å²) in [5.41, 5.74) is 0. The number of phosphoric ester groups is 2. The number of ether oxygens (including phenoxy) is 4. The first-order valence-electron chi connectivity index (χ1n) is 36.9. The van der Waals surface area contributed by atoms with E-state index >= 15 is 0 Å². The molecule has 0 radical (unpaired) electrons. The highest BCUT2D eigenvalue weighted by atomic mass is 31.2. The summed E-state index contributed by atoms with van der Waals surface area (Å²) in [5, 5.41) is 10.6. The topological polar surface area (TPSA) is 237 Å². The van der Waals surface area contributed by atoms with Gasteiger partial charge >= 0.3 is 39.5 Å². The fraction of sp³-hybridized carbons (Fsp3) is 0.944. The van der Waals surface area contributed by atoms with Crippen LogP contribution in [0.25, 0.3) is 0 Å². The third kappa shape index (κ3) is 62.2. The van der Waals surface area contributed by atoms with Gasteiger partial charge in [-0.2, -0.15) is 0 Å². The third-order valence-electron chi connectivity index (χ3n) is 17.1. The molecule has 0 aliphatic rings. The van der Waals surface area contributed by atoms with Crippen molar-refractivity contribution < 1.29 is 80.2 Å². The fourth-order valence-electron chi connectivity index (χ4n) is 10.7. The summed E-state index contributed by atoms with van der Waals surface area (Å²) in [4.78, 5) is 72.6. The van der Waals surface area contributed by atoms with Crippen molar-refractivity contribution in [2.24, 2.45) is 17.8 Å². The Morgan fingerprint density at radius 3 is 0.844 bits per heavy atom. The van der Waals surface area contributed by atoms with E-state index < -0.39 is 97.5 Å². The Hall–Kier alpha value is -1.94. The van der Waals surface area contributed by atoms with Gasteiger partial charge in [-0.15, -0.1) is 0 Å². The molecule has 0 aromatic carbocycles. The molecule has 0 aromatic rings. The lowest BCUT2D eigenvalue weighted by atomic mass is 9.99. The van der Waals surface area contributed by atoms with Crippen LogP contribution in [0.5, 0.6) is 0 Å². The van der Waals surface area contributed by atoms with Gasteiger partial charge in [0, 0.05) is 25.7 Å². The molecule has 4 unspecified atom stereocenters. The van der Waals surface area contributed by atoms with Crippen LogP contribution in [0.3, 0.4) is 0 Å². The summed E-state index contributed by atoms with van der Waals surface area (Å²) in [6.45, 7) is 11.8. The third-order valence-corrected chi connectivity index (χ3v) is 19.0. The van der Waals surface area contributed by atoms with Gasteiger partial charge in [0.15, 0.2) is 12.2 Å². The van der Waals surface area contributed by atoms with Crippen molar-refractivity contribution in [2.75, 3.05) is 39.6 Å². The lowest BCUT2D eigenvalue weighted by molar-refractivity contribution is -0.161. The molecule has 0 rings (SSSR count). The number of esters is 4. The number of phosphoric acid groups is 2. The molecule has 0 saturated heterocycles. The summed E-state index contributed by atoms with van der Waals surface area (Å²) in [5.74, 6) is 0.168. The molecule has 0 bridgehead atoms. The number of aliphatic hydroxyl groups is 1. The smallest absolute Gasteiger partial charge is 0.462 e. The summed E-state index contributed by atoms with van der Waals surface area (Å²) < 4.78 is 68.3. The van der Waals surface area contributed by atoms with E-state index in [9.17, 15) is 43.2 Å². The minimum absolute atomic E-state index is 0.106. The maximum atomic E-state index is 13.0. The molecule has 19 heteroatoms. The Bertz CT molecular complexity index is 1770. The van der Waals surface area contributed by atoms with E-state index in [0.717, 1.165) is 114 Å². The molecule has 0 fully saturated rings. The van der Waals surface area contributed by atoms with Gasteiger partial charge in [0.2, 0.25) is 0 Å². The lowest BCUT2D eigenvalue weighted by Crippen LogP contribution is -2.30. The van der Waals surface area contributed by atoms with Crippen molar-refractivity contribution in [3.63, 3.8) is 0 Å². The Balaban J connectivity index is 5.27. The van der Waals surface area contributed by atoms with E-state index in [1.54, 1.807) is 0 Å². The van der Waals surface area contributed by atoms with Gasteiger partial charge in [-0.05, 0) is 43.4 Å². The van der Waals surface area contributed by atoms with Gasteiger partial charge in [-0.25, -0.2) is 9.13 Å². The van der Waals surface area contributed by atoms with Crippen molar-refractivity contribution in [3.8, 4) is 0 Å². The molecule has 7 atom stereocenters. The van der Waals surface area contributed by atoms with Gasteiger partial charge in [0.25, 0.3) is 0 Å². The van der Waals surface area contributed by atoms with E-state index in [2.05, 4.69) is 48.5 Å².